The van der Waals surface area contributed by atoms with Crippen LogP contribution in [0.5, 0.6) is 0 Å². The standard InChI is InChI=1S/C12H16BrF2N/c1-2-10(6-7-13)16-8-9-4-3-5-11(14)12(9)15/h3-5,10,16H,2,6-8H2,1H3. The molecule has 0 bridgehead atoms. The monoisotopic (exact) mass is 291 g/mol. The number of rotatable bonds is 6. The Bertz CT molecular complexity index is 331. The quantitative estimate of drug-likeness (QED) is 0.790. The fourth-order valence-corrected chi connectivity index (χ4v) is 2.07. The molecule has 0 saturated heterocycles. The van der Waals surface area contributed by atoms with Crippen molar-refractivity contribution in [3.63, 3.8) is 0 Å². The Morgan fingerprint density at radius 1 is 1.38 bits per heavy atom. The SMILES string of the molecule is CCC(CCBr)NCc1cccc(F)c1F. The molecular weight excluding hydrogens is 276 g/mol. The first-order chi connectivity index (χ1) is 7.69. The lowest BCUT2D eigenvalue weighted by Gasteiger charge is -2.15. The van der Waals surface area contributed by atoms with Crippen LogP contribution in [0, 0.1) is 11.6 Å². The molecule has 1 nitrogen and oxygen atoms in total. The summed E-state index contributed by atoms with van der Waals surface area (Å²) in [5.74, 6) is -1.53. The zero-order valence-corrected chi connectivity index (χ0v) is 10.9. The Labute approximate surface area is 103 Å². The Morgan fingerprint density at radius 3 is 2.75 bits per heavy atom. The molecule has 0 aromatic heterocycles. The molecule has 4 heteroatoms. The molecule has 1 rings (SSSR count). The lowest BCUT2D eigenvalue weighted by molar-refractivity contribution is 0.461. The Hall–Kier alpha value is -0.480. The summed E-state index contributed by atoms with van der Waals surface area (Å²) in [5.41, 5.74) is 0.382. The van der Waals surface area contributed by atoms with Gasteiger partial charge in [-0.05, 0) is 18.9 Å². The number of nitrogens with one attached hydrogen (secondary N) is 1. The van der Waals surface area contributed by atoms with Crippen molar-refractivity contribution in [2.24, 2.45) is 0 Å². The second-order valence-electron chi connectivity index (χ2n) is 3.68. The third kappa shape index (κ3) is 3.83. The van der Waals surface area contributed by atoms with Gasteiger partial charge < -0.3 is 5.32 Å². The van der Waals surface area contributed by atoms with Crippen LogP contribution >= 0.6 is 15.9 Å². The van der Waals surface area contributed by atoms with E-state index in [-0.39, 0.29) is 0 Å². The second-order valence-corrected chi connectivity index (χ2v) is 4.47. The van der Waals surface area contributed by atoms with Crippen LogP contribution in [0.1, 0.15) is 25.3 Å². The summed E-state index contributed by atoms with van der Waals surface area (Å²) < 4.78 is 26.2. The Balaban J connectivity index is 2.56. The van der Waals surface area contributed by atoms with Gasteiger partial charge in [-0.25, -0.2) is 8.78 Å². The largest absolute Gasteiger partial charge is 0.310 e. The molecular formula is C12H16BrF2N. The van der Waals surface area contributed by atoms with Crippen molar-refractivity contribution in [1.29, 1.82) is 0 Å². The maximum atomic E-state index is 13.3. The van der Waals surface area contributed by atoms with E-state index in [2.05, 4.69) is 28.2 Å². The highest BCUT2D eigenvalue weighted by Crippen LogP contribution is 2.12. The highest BCUT2D eigenvalue weighted by atomic mass is 79.9. The van der Waals surface area contributed by atoms with E-state index >= 15 is 0 Å². The van der Waals surface area contributed by atoms with Crippen LogP contribution in [-0.2, 0) is 6.54 Å². The Kier molecular flexibility index (Phi) is 5.91. The van der Waals surface area contributed by atoms with Gasteiger partial charge in [0.1, 0.15) is 0 Å². The van der Waals surface area contributed by atoms with Gasteiger partial charge in [-0.1, -0.05) is 35.0 Å². The zero-order chi connectivity index (χ0) is 12.0. The van der Waals surface area contributed by atoms with E-state index in [1.54, 1.807) is 6.07 Å². The Morgan fingerprint density at radius 2 is 2.12 bits per heavy atom. The van der Waals surface area contributed by atoms with Crippen LogP contribution in [0.3, 0.4) is 0 Å². The topological polar surface area (TPSA) is 12.0 Å². The molecule has 90 valence electrons. The highest BCUT2D eigenvalue weighted by Gasteiger charge is 2.09. The van der Waals surface area contributed by atoms with Crippen LogP contribution in [0.25, 0.3) is 0 Å². The van der Waals surface area contributed by atoms with Crippen molar-refractivity contribution in [2.75, 3.05) is 5.33 Å². The van der Waals surface area contributed by atoms with Crippen molar-refractivity contribution in [2.45, 2.75) is 32.4 Å². The van der Waals surface area contributed by atoms with Crippen molar-refractivity contribution in [3.8, 4) is 0 Å². The molecule has 0 amide bonds. The normalized spacial score (nSPS) is 12.8. The van der Waals surface area contributed by atoms with Crippen LogP contribution in [0.2, 0.25) is 0 Å². The van der Waals surface area contributed by atoms with Crippen LogP contribution in [-0.4, -0.2) is 11.4 Å². The predicted molar refractivity (Wildman–Crippen MR) is 65.7 cm³/mol. The lowest BCUT2D eigenvalue weighted by atomic mass is 10.1. The van der Waals surface area contributed by atoms with E-state index < -0.39 is 11.6 Å². The molecule has 0 aliphatic rings. The molecule has 1 aromatic rings. The molecule has 0 aliphatic carbocycles. The summed E-state index contributed by atoms with van der Waals surface area (Å²) in [6.07, 6.45) is 1.95. The summed E-state index contributed by atoms with van der Waals surface area (Å²) >= 11 is 3.37. The van der Waals surface area contributed by atoms with Gasteiger partial charge in [0, 0.05) is 23.5 Å². The molecule has 0 saturated carbocycles. The minimum absolute atomic E-state index is 0.335. The van der Waals surface area contributed by atoms with Crippen LogP contribution in [0.15, 0.2) is 18.2 Å². The third-order valence-electron chi connectivity index (χ3n) is 2.56. The number of benzene rings is 1. The molecule has 0 spiro atoms. The molecule has 1 N–H and O–H groups in total. The van der Waals surface area contributed by atoms with E-state index in [4.69, 9.17) is 0 Å². The average Bonchev–Trinajstić information content (AvgIpc) is 2.29. The fourth-order valence-electron chi connectivity index (χ4n) is 1.52. The zero-order valence-electron chi connectivity index (χ0n) is 9.27. The van der Waals surface area contributed by atoms with E-state index in [1.165, 1.54) is 6.07 Å². The molecule has 1 aromatic carbocycles. The van der Waals surface area contributed by atoms with Gasteiger partial charge in [0.05, 0.1) is 0 Å². The van der Waals surface area contributed by atoms with Gasteiger partial charge in [0.25, 0.3) is 0 Å². The molecule has 0 heterocycles. The summed E-state index contributed by atoms with van der Waals surface area (Å²) in [6.45, 7) is 2.44. The van der Waals surface area contributed by atoms with Crippen molar-refractivity contribution in [1.82, 2.24) is 5.32 Å². The molecule has 1 atom stereocenters. The van der Waals surface area contributed by atoms with E-state index in [1.807, 2.05) is 0 Å². The van der Waals surface area contributed by atoms with Gasteiger partial charge in [-0.2, -0.15) is 0 Å². The number of alkyl halides is 1. The minimum atomic E-state index is -0.784. The van der Waals surface area contributed by atoms with Crippen LogP contribution < -0.4 is 5.32 Å². The fraction of sp³-hybridized carbons (Fsp3) is 0.500. The predicted octanol–water partition coefficient (Wildman–Crippen LogP) is 3.62. The first-order valence-electron chi connectivity index (χ1n) is 5.41. The van der Waals surface area contributed by atoms with E-state index in [0.717, 1.165) is 24.2 Å². The lowest BCUT2D eigenvalue weighted by Crippen LogP contribution is -2.28. The van der Waals surface area contributed by atoms with Gasteiger partial charge >= 0.3 is 0 Å². The summed E-state index contributed by atoms with van der Waals surface area (Å²) in [4.78, 5) is 0. The first kappa shape index (κ1) is 13.6. The number of halogens is 3. The third-order valence-corrected chi connectivity index (χ3v) is 3.02. The number of hydrogen-bond donors (Lipinski definition) is 1. The summed E-state index contributed by atoms with van der Waals surface area (Å²) in [5, 5.41) is 4.12. The maximum Gasteiger partial charge on any atom is 0.163 e. The van der Waals surface area contributed by atoms with Gasteiger partial charge in [-0.15, -0.1) is 0 Å². The van der Waals surface area contributed by atoms with E-state index in [9.17, 15) is 8.78 Å². The average molecular weight is 292 g/mol. The molecule has 1 unspecified atom stereocenters. The first-order valence-corrected chi connectivity index (χ1v) is 6.53. The van der Waals surface area contributed by atoms with Gasteiger partial charge in [0.2, 0.25) is 0 Å². The highest BCUT2D eigenvalue weighted by molar-refractivity contribution is 9.09. The maximum absolute atomic E-state index is 13.3. The minimum Gasteiger partial charge on any atom is -0.310 e. The number of hydrogen-bond acceptors (Lipinski definition) is 1. The van der Waals surface area contributed by atoms with Crippen molar-refractivity contribution >= 4 is 15.9 Å². The molecule has 0 radical (unpaired) electrons. The van der Waals surface area contributed by atoms with E-state index in [0.29, 0.717) is 18.2 Å². The van der Waals surface area contributed by atoms with Crippen molar-refractivity contribution in [3.05, 3.63) is 35.4 Å². The van der Waals surface area contributed by atoms with Crippen LogP contribution in [0.4, 0.5) is 8.78 Å². The molecule has 0 aliphatic heterocycles. The summed E-state index contributed by atoms with van der Waals surface area (Å²) in [7, 11) is 0. The summed E-state index contributed by atoms with van der Waals surface area (Å²) in [6, 6.07) is 4.60. The van der Waals surface area contributed by atoms with Gasteiger partial charge in [0.15, 0.2) is 11.6 Å². The van der Waals surface area contributed by atoms with Gasteiger partial charge in [-0.3, -0.25) is 0 Å². The van der Waals surface area contributed by atoms with Crippen molar-refractivity contribution < 1.29 is 8.78 Å². The molecule has 0 fully saturated rings. The smallest absolute Gasteiger partial charge is 0.163 e. The second kappa shape index (κ2) is 6.97. The molecule has 16 heavy (non-hydrogen) atoms.